The van der Waals surface area contributed by atoms with E-state index in [-0.39, 0.29) is 38.6 Å². The summed E-state index contributed by atoms with van der Waals surface area (Å²) in [5.41, 5.74) is 3.86. The molecule has 0 bridgehead atoms. The minimum Gasteiger partial charge on any atom is -0.519 e. The second kappa shape index (κ2) is 12.6. The summed E-state index contributed by atoms with van der Waals surface area (Å²) in [5, 5.41) is 0.0158. The quantitative estimate of drug-likeness (QED) is 0.226. The third-order valence-corrected chi connectivity index (χ3v) is 21.3. The van der Waals surface area contributed by atoms with Crippen molar-refractivity contribution >= 4 is 25.8 Å². The normalized spacial score (nSPS) is 38.1. The van der Waals surface area contributed by atoms with E-state index in [1.807, 2.05) is 12.1 Å². The Balaban J connectivity index is 1.32. The first-order valence-corrected chi connectivity index (χ1v) is 23.2. The molecule has 0 amide bonds. The van der Waals surface area contributed by atoms with E-state index in [1.165, 1.54) is 69.6 Å². The van der Waals surface area contributed by atoms with Crippen molar-refractivity contribution in [3.8, 4) is 0 Å². The highest BCUT2D eigenvalue weighted by Crippen LogP contribution is 2.70. The van der Waals surface area contributed by atoms with Crippen molar-refractivity contribution < 1.29 is 18.8 Å². The van der Waals surface area contributed by atoms with Gasteiger partial charge in [0.05, 0.1) is 18.1 Å². The first-order valence-electron chi connectivity index (χ1n) is 20.3. The van der Waals surface area contributed by atoms with Crippen LogP contribution in [0.15, 0.2) is 30.3 Å². The summed E-state index contributed by atoms with van der Waals surface area (Å²) in [6, 6.07) is 8.10. The van der Waals surface area contributed by atoms with Gasteiger partial charge in [0.1, 0.15) is 0 Å². The van der Waals surface area contributed by atoms with Crippen molar-refractivity contribution in [2.75, 3.05) is 7.11 Å². The topological polar surface area (TPSA) is 52.6 Å². The van der Waals surface area contributed by atoms with Gasteiger partial charge in [0.15, 0.2) is 0 Å². The molecule has 6 rings (SSSR count). The van der Waals surface area contributed by atoms with Crippen LogP contribution in [0.4, 0.5) is 0 Å². The second-order valence-corrected chi connectivity index (χ2v) is 25.6. The molecule has 0 saturated heterocycles. The Kier molecular flexibility index (Phi) is 9.55. The Morgan fingerprint density at radius 3 is 2.02 bits per heavy atom. The number of allylic oxidation sites excluding steroid dienone is 2. The third-order valence-electron chi connectivity index (χ3n) is 17.0. The van der Waals surface area contributed by atoms with Crippen LogP contribution in [0.5, 0.6) is 0 Å². The van der Waals surface area contributed by atoms with Crippen LogP contribution in [0.3, 0.4) is 0 Å². The lowest BCUT2D eigenvalue weighted by atomic mass is 9.40. The molecule has 0 N–H and O–H groups in total. The molecule has 0 aliphatic heterocycles. The summed E-state index contributed by atoms with van der Waals surface area (Å²) in [4.78, 5) is 27.0. The van der Waals surface area contributed by atoms with Crippen molar-refractivity contribution in [3.05, 3.63) is 41.5 Å². The van der Waals surface area contributed by atoms with Gasteiger partial charge >= 0.3 is 5.97 Å². The Bertz CT molecular complexity index is 1490. The average Bonchev–Trinajstić information content (AvgIpc) is 3.67. The molecule has 0 aromatic heterocycles. The van der Waals surface area contributed by atoms with E-state index in [2.05, 4.69) is 93.6 Å². The maximum absolute atomic E-state index is 14.8. The van der Waals surface area contributed by atoms with Crippen LogP contribution in [0.25, 0.3) is 5.57 Å². The van der Waals surface area contributed by atoms with Crippen LogP contribution in [0, 0.1) is 56.7 Å². The highest BCUT2D eigenvalue weighted by molar-refractivity contribution is 6.75. The van der Waals surface area contributed by atoms with Gasteiger partial charge in [-0.05, 0) is 163 Å². The fraction of sp³-hybridized carbons (Fsp3) is 0.778. The number of fused-ring (bicyclic) bond motifs is 4. The van der Waals surface area contributed by atoms with Gasteiger partial charge in [-0.25, -0.2) is 4.79 Å². The van der Waals surface area contributed by atoms with Crippen LogP contribution in [-0.4, -0.2) is 27.4 Å². The largest absolute Gasteiger partial charge is 0.519 e. The molecule has 278 valence electrons. The number of carbonyl (C=O) groups is 2. The molecule has 1 aromatic rings. The van der Waals surface area contributed by atoms with Crippen LogP contribution in [-0.2, 0) is 14.0 Å². The average molecular weight is 703 g/mol. The minimum absolute atomic E-state index is 0.0158. The molecular weight excluding hydrogens is 633 g/mol. The third kappa shape index (κ3) is 6.00. The Labute approximate surface area is 306 Å². The molecule has 5 aliphatic carbocycles. The monoisotopic (exact) mass is 703 g/mol. The van der Waals surface area contributed by atoms with Gasteiger partial charge in [-0.1, -0.05) is 86.9 Å². The zero-order valence-electron chi connectivity index (χ0n) is 33.9. The molecule has 50 heavy (non-hydrogen) atoms. The van der Waals surface area contributed by atoms with E-state index < -0.39 is 8.32 Å². The van der Waals surface area contributed by atoms with E-state index >= 15 is 0 Å². The number of rotatable bonds is 5. The summed E-state index contributed by atoms with van der Waals surface area (Å²) < 4.78 is 11.8. The number of esters is 1. The summed E-state index contributed by atoms with van der Waals surface area (Å²) in [6.45, 7) is 26.7. The van der Waals surface area contributed by atoms with Crippen molar-refractivity contribution in [3.63, 3.8) is 0 Å². The van der Waals surface area contributed by atoms with Crippen LogP contribution < -0.4 is 0 Å². The van der Waals surface area contributed by atoms with Crippen molar-refractivity contribution in [2.24, 2.45) is 56.7 Å². The zero-order valence-corrected chi connectivity index (χ0v) is 34.9. The predicted octanol–water partition coefficient (Wildman–Crippen LogP) is 12.3. The standard InChI is InChI=1S/C45H70O4Si/c1-30-20-26-45(39(47)49-50(11,12)40(2,3)4)27-22-34(42(7)28-29-42)35(45)14-13-15-37-43(30,8)25-23-36-41(5,6)33(21-24-44(36,37)9)31-16-18-32(19-17-31)38(46)48-10/h16-19,21,30,34-37H,13-15,20,22-29H2,1-12H3. The molecular formula is C45H70O4Si. The molecule has 5 heteroatoms. The molecule has 1 aromatic carbocycles. The predicted molar refractivity (Wildman–Crippen MR) is 208 cm³/mol. The van der Waals surface area contributed by atoms with Crippen LogP contribution >= 0.6 is 0 Å². The highest BCUT2D eigenvalue weighted by Gasteiger charge is 2.64. The van der Waals surface area contributed by atoms with E-state index in [9.17, 15) is 9.59 Å². The van der Waals surface area contributed by atoms with Gasteiger partial charge < -0.3 is 9.16 Å². The summed E-state index contributed by atoms with van der Waals surface area (Å²) in [5.74, 6) is 2.77. The zero-order chi connectivity index (χ0) is 36.7. The van der Waals surface area contributed by atoms with Gasteiger partial charge in [0, 0.05) is 0 Å². The van der Waals surface area contributed by atoms with Crippen molar-refractivity contribution in [1.82, 2.24) is 0 Å². The SMILES string of the molecule is COC(=O)c1ccc(C2=CCC3(C)C(CCC4(C)C(C)CCC5(C(=O)O[Si](C)(C)C(C)(C)C)CCC(C6(C)CC6)C5CCCC43)C2(C)C)cc1. The Morgan fingerprint density at radius 1 is 0.780 bits per heavy atom. The second-order valence-electron chi connectivity index (χ2n) is 20.9. The smallest absolute Gasteiger partial charge is 0.337 e. The number of methoxy groups -OCH3 is 1. The maximum atomic E-state index is 14.8. The van der Waals surface area contributed by atoms with Gasteiger partial charge in [0.25, 0.3) is 14.3 Å². The summed E-state index contributed by atoms with van der Waals surface area (Å²) in [7, 11) is -0.794. The van der Waals surface area contributed by atoms with E-state index in [1.54, 1.807) is 0 Å². The number of hydrogen-bond donors (Lipinski definition) is 0. The number of carbonyl (C=O) groups excluding carboxylic acids is 2. The van der Waals surface area contributed by atoms with Gasteiger partial charge in [-0.3, -0.25) is 4.79 Å². The van der Waals surface area contributed by atoms with Crippen LogP contribution in [0.2, 0.25) is 18.1 Å². The minimum atomic E-state index is -2.24. The molecule has 0 heterocycles. The number of hydrogen-bond acceptors (Lipinski definition) is 4. The van der Waals surface area contributed by atoms with E-state index in [4.69, 9.17) is 9.16 Å². The number of benzene rings is 1. The first kappa shape index (κ1) is 37.9. The summed E-state index contributed by atoms with van der Waals surface area (Å²) >= 11 is 0. The maximum Gasteiger partial charge on any atom is 0.337 e. The lowest BCUT2D eigenvalue weighted by molar-refractivity contribution is -0.154. The molecule has 5 aliphatic rings. The van der Waals surface area contributed by atoms with Gasteiger partial charge in [0.2, 0.25) is 0 Å². The molecule has 8 unspecified atom stereocenters. The Hall–Kier alpha value is -1.88. The molecule has 8 atom stereocenters. The van der Waals surface area contributed by atoms with E-state index in [0.717, 1.165) is 25.7 Å². The number of ether oxygens (including phenoxy) is 1. The lowest BCUT2D eigenvalue weighted by Crippen LogP contribution is -2.56. The lowest BCUT2D eigenvalue weighted by Gasteiger charge is -2.64. The molecule has 4 nitrogen and oxygen atoms in total. The first-order chi connectivity index (χ1) is 23.2. The van der Waals surface area contributed by atoms with Crippen molar-refractivity contribution in [1.29, 1.82) is 0 Å². The van der Waals surface area contributed by atoms with Crippen molar-refractivity contribution in [2.45, 2.75) is 157 Å². The van der Waals surface area contributed by atoms with E-state index in [0.29, 0.717) is 40.6 Å². The molecule has 4 saturated carbocycles. The fourth-order valence-corrected chi connectivity index (χ4v) is 13.4. The highest BCUT2D eigenvalue weighted by atomic mass is 28.4. The molecule has 0 radical (unpaired) electrons. The Morgan fingerprint density at radius 2 is 1.42 bits per heavy atom. The van der Waals surface area contributed by atoms with Crippen LogP contribution in [0.1, 0.15) is 155 Å². The van der Waals surface area contributed by atoms with Gasteiger partial charge in [-0.2, -0.15) is 0 Å². The van der Waals surface area contributed by atoms with Gasteiger partial charge in [-0.15, -0.1) is 0 Å². The molecule has 0 spiro atoms. The summed E-state index contributed by atoms with van der Waals surface area (Å²) in [6.07, 6.45) is 16.8. The molecule has 4 fully saturated rings. The fourth-order valence-electron chi connectivity index (χ4n) is 12.4.